The van der Waals surface area contributed by atoms with Gasteiger partial charge in [-0.15, -0.1) is 0 Å². The second-order valence-electron chi connectivity index (χ2n) is 6.90. The van der Waals surface area contributed by atoms with Crippen LogP contribution in [0.3, 0.4) is 0 Å². The van der Waals surface area contributed by atoms with Crippen LogP contribution in [0, 0.1) is 0 Å². The summed E-state index contributed by atoms with van der Waals surface area (Å²) in [4.78, 5) is 0. The number of methoxy groups -OCH3 is 1. The van der Waals surface area contributed by atoms with Crippen LogP contribution in [0.25, 0.3) is 0 Å². The first kappa shape index (κ1) is 22.7. The minimum Gasteiger partial charge on any atom is -0.382 e. The van der Waals surface area contributed by atoms with Gasteiger partial charge in [0.15, 0.2) is 6.29 Å². The molecule has 2 aromatic rings. The van der Waals surface area contributed by atoms with Gasteiger partial charge in [-0.05, 0) is 17.5 Å². The number of hydrogen-bond donors (Lipinski definition) is 0. The number of alkyl halides is 1. The van der Waals surface area contributed by atoms with Crippen molar-refractivity contribution in [2.45, 2.75) is 37.4 Å². The summed E-state index contributed by atoms with van der Waals surface area (Å²) in [6, 6.07) is 20.5. The summed E-state index contributed by atoms with van der Waals surface area (Å²) in [5, 5.41) is 0. The Morgan fingerprint density at radius 1 is 0.862 bits per heavy atom. The highest BCUT2D eigenvalue weighted by atomic mass is 127. The number of halogens is 1. The molecule has 0 saturated carbocycles. The Morgan fingerprint density at radius 3 is 2.07 bits per heavy atom. The molecule has 0 unspecified atom stereocenters. The molecule has 0 N–H and O–H groups in total. The molecule has 6 heteroatoms. The van der Waals surface area contributed by atoms with E-state index < -0.39 is 0 Å². The largest absolute Gasteiger partial charge is 0.382 e. The van der Waals surface area contributed by atoms with Gasteiger partial charge in [-0.25, -0.2) is 0 Å². The number of hydrogen-bond acceptors (Lipinski definition) is 5. The van der Waals surface area contributed by atoms with Crippen molar-refractivity contribution in [3.63, 3.8) is 0 Å². The zero-order valence-electron chi connectivity index (χ0n) is 16.7. The van der Waals surface area contributed by atoms with Crippen molar-refractivity contribution in [3.8, 4) is 0 Å². The van der Waals surface area contributed by atoms with Gasteiger partial charge in [0.05, 0.1) is 19.3 Å². The third-order valence-corrected chi connectivity index (χ3v) is 5.82. The highest BCUT2D eigenvalue weighted by molar-refractivity contribution is 14.1. The van der Waals surface area contributed by atoms with E-state index in [4.69, 9.17) is 23.7 Å². The second-order valence-corrected chi connectivity index (χ2v) is 7.78. The Bertz CT molecular complexity index is 684. The lowest BCUT2D eigenvalue weighted by Crippen LogP contribution is -2.33. The number of benzene rings is 2. The van der Waals surface area contributed by atoms with Gasteiger partial charge < -0.3 is 23.7 Å². The number of rotatable bonds is 9. The van der Waals surface area contributed by atoms with Gasteiger partial charge in [0.1, 0.15) is 19.0 Å². The summed E-state index contributed by atoms with van der Waals surface area (Å²) in [6.07, 6.45) is 0.926. The van der Waals surface area contributed by atoms with E-state index in [0.29, 0.717) is 13.2 Å². The summed E-state index contributed by atoms with van der Waals surface area (Å²) in [5.74, 6) is 0. The van der Waals surface area contributed by atoms with Crippen LogP contribution in [0.2, 0.25) is 0 Å². The normalized spacial score (nSPS) is 25.3. The summed E-state index contributed by atoms with van der Waals surface area (Å²) in [6.45, 7) is 1.22. The molecule has 1 saturated heterocycles. The lowest BCUT2D eigenvalue weighted by Gasteiger charge is -2.36. The lowest BCUT2D eigenvalue weighted by atomic mass is 9.96. The van der Waals surface area contributed by atoms with Gasteiger partial charge in [0.25, 0.3) is 0 Å². The van der Waals surface area contributed by atoms with E-state index in [0.717, 1.165) is 28.4 Å². The predicted octanol–water partition coefficient (Wildman–Crippen LogP) is 5.06. The molecular weight excluding hydrogens is 483 g/mol. The van der Waals surface area contributed by atoms with Gasteiger partial charge in [-0.3, -0.25) is 0 Å². The molecule has 2 aromatic carbocycles. The highest BCUT2D eigenvalue weighted by Gasteiger charge is 2.34. The first-order valence-electron chi connectivity index (χ1n) is 9.97. The fourth-order valence-corrected chi connectivity index (χ4v) is 3.97. The summed E-state index contributed by atoms with van der Waals surface area (Å²) in [5.41, 5.74) is 2.18. The van der Waals surface area contributed by atoms with Gasteiger partial charge in [-0.2, -0.15) is 0 Å². The maximum Gasteiger partial charge on any atom is 0.161 e. The molecule has 0 aromatic heterocycles. The molecular formula is C23H29IO5. The van der Waals surface area contributed by atoms with Crippen LogP contribution in [0.5, 0.6) is 0 Å². The zero-order valence-corrected chi connectivity index (χ0v) is 18.9. The van der Waals surface area contributed by atoms with E-state index in [2.05, 4.69) is 46.9 Å². The topological polar surface area (TPSA) is 46.2 Å². The second kappa shape index (κ2) is 12.6. The molecule has 4 atom stereocenters. The van der Waals surface area contributed by atoms with Gasteiger partial charge in [0, 0.05) is 18.0 Å². The molecule has 0 aliphatic carbocycles. The maximum atomic E-state index is 6.56. The molecule has 5 nitrogen and oxygen atoms in total. The average Bonchev–Trinajstić information content (AvgIpc) is 2.76. The van der Waals surface area contributed by atoms with Crippen molar-refractivity contribution in [3.05, 3.63) is 71.8 Å². The van der Waals surface area contributed by atoms with Crippen LogP contribution in [0.4, 0.5) is 0 Å². The van der Waals surface area contributed by atoms with Gasteiger partial charge in [0.2, 0.25) is 0 Å². The third kappa shape index (κ3) is 7.01. The van der Waals surface area contributed by atoms with Crippen LogP contribution in [-0.4, -0.2) is 43.9 Å². The van der Waals surface area contributed by atoms with Crippen molar-refractivity contribution < 1.29 is 23.7 Å². The zero-order chi connectivity index (χ0) is 20.3. The van der Waals surface area contributed by atoms with Crippen molar-refractivity contribution >= 4 is 22.6 Å². The molecule has 1 heterocycles. The SMILES string of the molecule is COCCOCO[C@@H]1CC[C@@H](CI)O[C@H](c2ccccc2)[C@@H](c2ccccc2)O1. The molecule has 3 rings (SSSR count). The van der Waals surface area contributed by atoms with Gasteiger partial charge >= 0.3 is 0 Å². The van der Waals surface area contributed by atoms with Crippen molar-refractivity contribution in [2.24, 2.45) is 0 Å². The van der Waals surface area contributed by atoms with E-state index in [-0.39, 0.29) is 31.4 Å². The lowest BCUT2D eigenvalue weighted by molar-refractivity contribution is -0.253. The van der Waals surface area contributed by atoms with E-state index >= 15 is 0 Å². The first-order chi connectivity index (χ1) is 14.3. The molecule has 0 spiro atoms. The van der Waals surface area contributed by atoms with Crippen LogP contribution >= 0.6 is 22.6 Å². The maximum absolute atomic E-state index is 6.56. The molecule has 0 radical (unpaired) electrons. The van der Waals surface area contributed by atoms with Crippen LogP contribution in [-0.2, 0) is 23.7 Å². The molecule has 29 heavy (non-hydrogen) atoms. The number of ether oxygens (including phenoxy) is 5. The molecule has 0 bridgehead atoms. The predicted molar refractivity (Wildman–Crippen MR) is 120 cm³/mol. The summed E-state index contributed by atoms with van der Waals surface area (Å²) >= 11 is 2.39. The van der Waals surface area contributed by atoms with Crippen LogP contribution in [0.1, 0.15) is 36.2 Å². The summed E-state index contributed by atoms with van der Waals surface area (Å²) in [7, 11) is 1.65. The molecule has 1 aliphatic heterocycles. The quantitative estimate of drug-likeness (QED) is 0.204. The molecule has 0 amide bonds. The molecule has 1 aliphatic rings. The average molecular weight is 512 g/mol. The minimum atomic E-state index is -0.358. The van der Waals surface area contributed by atoms with Crippen molar-refractivity contribution in [1.82, 2.24) is 0 Å². The Labute approximate surface area is 186 Å². The Hall–Kier alpha value is -1.03. The van der Waals surface area contributed by atoms with Crippen molar-refractivity contribution in [1.29, 1.82) is 0 Å². The van der Waals surface area contributed by atoms with Crippen LogP contribution in [0.15, 0.2) is 60.7 Å². The monoisotopic (exact) mass is 512 g/mol. The van der Waals surface area contributed by atoms with Crippen LogP contribution < -0.4 is 0 Å². The molecule has 1 fully saturated rings. The fraction of sp³-hybridized carbons (Fsp3) is 0.478. The smallest absolute Gasteiger partial charge is 0.161 e. The first-order valence-corrected chi connectivity index (χ1v) is 11.5. The van der Waals surface area contributed by atoms with E-state index in [1.807, 2.05) is 36.4 Å². The van der Waals surface area contributed by atoms with Gasteiger partial charge in [-0.1, -0.05) is 83.3 Å². The minimum absolute atomic E-state index is 0.136. The summed E-state index contributed by atoms with van der Waals surface area (Å²) < 4.78 is 30.4. The van der Waals surface area contributed by atoms with E-state index in [1.165, 1.54) is 0 Å². The Balaban J connectivity index is 1.81. The fourth-order valence-electron chi connectivity index (χ4n) is 3.33. The van der Waals surface area contributed by atoms with E-state index in [1.54, 1.807) is 7.11 Å². The van der Waals surface area contributed by atoms with E-state index in [9.17, 15) is 0 Å². The molecule has 158 valence electrons. The Kier molecular flexibility index (Phi) is 9.85. The highest BCUT2D eigenvalue weighted by Crippen LogP contribution is 2.40. The van der Waals surface area contributed by atoms with Crippen molar-refractivity contribution in [2.75, 3.05) is 31.5 Å². The Morgan fingerprint density at radius 2 is 1.48 bits per heavy atom. The standard InChI is InChI=1S/C23H29IO5/c1-25-14-15-26-17-27-21-13-12-20(16-24)28-22(18-8-4-2-5-9-18)23(29-21)19-10-6-3-7-11-19/h2-11,20-23H,12-17H2,1H3/t20-,21-,22+,23+/m0/s1. The third-order valence-electron chi connectivity index (χ3n) is 4.83.